The van der Waals surface area contributed by atoms with Gasteiger partial charge in [-0.05, 0) is 31.5 Å². The molecule has 2 aromatic rings. The lowest BCUT2D eigenvalue weighted by molar-refractivity contribution is 0.0909. The van der Waals surface area contributed by atoms with Gasteiger partial charge in [0.2, 0.25) is 0 Å². The van der Waals surface area contributed by atoms with Crippen LogP contribution in [0.1, 0.15) is 35.7 Å². The first-order valence-corrected chi connectivity index (χ1v) is 7.85. The minimum absolute atomic E-state index is 0.0925. The third-order valence-electron chi connectivity index (χ3n) is 3.74. The molecule has 0 spiro atoms. The van der Waals surface area contributed by atoms with Crippen LogP contribution in [0.5, 0.6) is 11.5 Å². The number of aromatic nitrogens is 1. The summed E-state index contributed by atoms with van der Waals surface area (Å²) in [6, 6.07) is 8.20. The van der Waals surface area contributed by atoms with Crippen LogP contribution in [0.3, 0.4) is 0 Å². The van der Waals surface area contributed by atoms with Gasteiger partial charge in [-0.2, -0.15) is 0 Å². The fourth-order valence-corrected chi connectivity index (χ4v) is 3.57. The molecule has 1 fully saturated rings. The summed E-state index contributed by atoms with van der Waals surface area (Å²) in [5.74, 6) is 1.62. The van der Waals surface area contributed by atoms with Gasteiger partial charge in [0.1, 0.15) is 11.6 Å². The molecule has 2 aliphatic rings. The van der Waals surface area contributed by atoms with Gasteiger partial charge in [0, 0.05) is 5.38 Å². The molecule has 1 aromatic heterocycles. The van der Waals surface area contributed by atoms with Gasteiger partial charge >= 0.3 is 0 Å². The first kappa shape index (κ1) is 12.2. The Labute approximate surface area is 121 Å². The summed E-state index contributed by atoms with van der Waals surface area (Å²) in [4.78, 5) is 4.74. The monoisotopic (exact) mass is 288 g/mol. The van der Waals surface area contributed by atoms with Crippen molar-refractivity contribution in [2.45, 2.75) is 25.0 Å². The first-order valence-electron chi connectivity index (χ1n) is 6.97. The van der Waals surface area contributed by atoms with Crippen LogP contribution < -0.4 is 14.8 Å². The average Bonchev–Trinajstić information content (AvgIpc) is 3.17. The van der Waals surface area contributed by atoms with Crippen molar-refractivity contribution in [3.63, 3.8) is 0 Å². The number of benzene rings is 1. The van der Waals surface area contributed by atoms with E-state index in [9.17, 15) is 0 Å². The lowest BCUT2D eigenvalue weighted by atomic mass is 10.2. The van der Waals surface area contributed by atoms with E-state index < -0.39 is 0 Å². The molecule has 2 aliphatic heterocycles. The number of hydrogen-bond acceptors (Lipinski definition) is 5. The van der Waals surface area contributed by atoms with E-state index in [4.69, 9.17) is 14.5 Å². The fourth-order valence-electron chi connectivity index (χ4n) is 2.69. The van der Waals surface area contributed by atoms with Crippen molar-refractivity contribution in [3.8, 4) is 11.5 Å². The average molecular weight is 288 g/mol. The van der Waals surface area contributed by atoms with Crippen LogP contribution >= 0.6 is 11.3 Å². The van der Waals surface area contributed by atoms with Gasteiger partial charge in [-0.1, -0.05) is 12.1 Å². The van der Waals surface area contributed by atoms with Crippen LogP contribution in [0.4, 0.5) is 0 Å². The number of hydrogen-bond donors (Lipinski definition) is 1. The second kappa shape index (κ2) is 5.07. The number of ether oxygens (including phenoxy) is 2. The van der Waals surface area contributed by atoms with Gasteiger partial charge in [-0.3, -0.25) is 0 Å². The Kier molecular flexibility index (Phi) is 3.09. The molecule has 0 aliphatic carbocycles. The van der Waals surface area contributed by atoms with E-state index >= 15 is 0 Å². The molecule has 4 nitrogen and oxygen atoms in total. The number of thiazole rings is 1. The highest BCUT2D eigenvalue weighted by Crippen LogP contribution is 2.37. The maximum absolute atomic E-state index is 6.00. The quantitative estimate of drug-likeness (QED) is 0.922. The summed E-state index contributed by atoms with van der Waals surface area (Å²) < 4.78 is 11.7. The number of para-hydroxylation sites is 2. The number of fused-ring (bicyclic) bond motifs is 1. The topological polar surface area (TPSA) is 43.4 Å². The van der Waals surface area contributed by atoms with E-state index in [2.05, 4.69) is 10.7 Å². The predicted molar refractivity (Wildman–Crippen MR) is 77.4 cm³/mol. The van der Waals surface area contributed by atoms with Crippen LogP contribution in [0, 0.1) is 0 Å². The Morgan fingerprint density at radius 2 is 2.15 bits per heavy atom. The van der Waals surface area contributed by atoms with Gasteiger partial charge in [-0.15, -0.1) is 11.3 Å². The largest absolute Gasteiger partial charge is 0.485 e. The van der Waals surface area contributed by atoms with Gasteiger partial charge in [-0.25, -0.2) is 4.98 Å². The van der Waals surface area contributed by atoms with Crippen molar-refractivity contribution in [1.29, 1.82) is 0 Å². The Morgan fingerprint density at radius 3 is 3.00 bits per heavy atom. The molecule has 1 aromatic carbocycles. The molecule has 0 saturated carbocycles. The number of nitrogens with zero attached hydrogens (tertiary/aromatic N) is 1. The van der Waals surface area contributed by atoms with Crippen molar-refractivity contribution < 1.29 is 9.47 Å². The zero-order valence-corrected chi connectivity index (χ0v) is 11.9. The molecule has 3 heterocycles. The molecular formula is C15H16N2O2S. The molecule has 104 valence electrons. The molecule has 1 saturated heterocycles. The van der Waals surface area contributed by atoms with E-state index in [1.165, 1.54) is 12.8 Å². The Balaban J connectivity index is 1.54. The molecular weight excluding hydrogens is 272 g/mol. The minimum Gasteiger partial charge on any atom is -0.485 e. The molecule has 2 atom stereocenters. The first-order chi connectivity index (χ1) is 9.90. The highest BCUT2D eigenvalue weighted by Gasteiger charge is 2.26. The third-order valence-corrected chi connectivity index (χ3v) is 4.70. The maximum Gasteiger partial charge on any atom is 0.184 e. The van der Waals surface area contributed by atoms with Gasteiger partial charge < -0.3 is 14.8 Å². The van der Waals surface area contributed by atoms with Gasteiger partial charge in [0.25, 0.3) is 0 Å². The molecule has 0 bridgehead atoms. The molecule has 4 rings (SSSR count). The molecule has 1 unspecified atom stereocenters. The van der Waals surface area contributed by atoms with Crippen molar-refractivity contribution in [2.75, 3.05) is 13.2 Å². The van der Waals surface area contributed by atoms with E-state index in [0.717, 1.165) is 28.7 Å². The Morgan fingerprint density at radius 1 is 1.25 bits per heavy atom. The zero-order chi connectivity index (χ0) is 13.4. The predicted octanol–water partition coefficient (Wildman–Crippen LogP) is 3.08. The normalized spacial score (nSPS) is 24.8. The SMILES string of the molecule is c1ccc2c(c1)OCC(c1nc([C@@H]3CCCN3)cs1)O2. The molecule has 5 heteroatoms. The van der Waals surface area contributed by atoms with E-state index in [-0.39, 0.29) is 6.10 Å². The smallest absolute Gasteiger partial charge is 0.184 e. The van der Waals surface area contributed by atoms with Gasteiger partial charge in [0.15, 0.2) is 17.6 Å². The van der Waals surface area contributed by atoms with Crippen LogP contribution in [-0.4, -0.2) is 18.1 Å². The Bertz CT molecular complexity index is 607. The van der Waals surface area contributed by atoms with Crippen LogP contribution in [0.25, 0.3) is 0 Å². The van der Waals surface area contributed by atoms with Crippen LogP contribution in [-0.2, 0) is 0 Å². The summed E-state index contributed by atoms with van der Waals surface area (Å²) in [5.41, 5.74) is 1.14. The minimum atomic E-state index is -0.0925. The van der Waals surface area contributed by atoms with E-state index in [1.807, 2.05) is 24.3 Å². The van der Waals surface area contributed by atoms with E-state index in [1.54, 1.807) is 11.3 Å². The fraction of sp³-hybridized carbons (Fsp3) is 0.400. The number of nitrogens with one attached hydrogen (secondary N) is 1. The van der Waals surface area contributed by atoms with Crippen molar-refractivity contribution in [3.05, 3.63) is 40.3 Å². The zero-order valence-electron chi connectivity index (χ0n) is 11.0. The highest BCUT2D eigenvalue weighted by atomic mass is 32.1. The molecule has 20 heavy (non-hydrogen) atoms. The summed E-state index contributed by atoms with van der Waals surface area (Å²) in [5, 5.41) is 6.62. The summed E-state index contributed by atoms with van der Waals surface area (Å²) in [6.07, 6.45) is 2.31. The summed E-state index contributed by atoms with van der Waals surface area (Å²) in [7, 11) is 0. The van der Waals surface area contributed by atoms with Crippen LogP contribution in [0.15, 0.2) is 29.6 Å². The standard InChI is InChI=1S/C15H16N2O2S/c1-2-6-13-12(5-1)18-8-14(19-13)15-17-11(9-20-15)10-4-3-7-16-10/h1-2,5-6,9-10,14,16H,3-4,7-8H2/t10-,14?/m0/s1. The lowest BCUT2D eigenvalue weighted by Gasteiger charge is -2.24. The highest BCUT2D eigenvalue weighted by molar-refractivity contribution is 7.09. The molecule has 0 radical (unpaired) electrons. The number of rotatable bonds is 2. The lowest BCUT2D eigenvalue weighted by Crippen LogP contribution is -2.21. The summed E-state index contributed by atoms with van der Waals surface area (Å²) in [6.45, 7) is 1.62. The molecule has 0 amide bonds. The van der Waals surface area contributed by atoms with E-state index in [0.29, 0.717) is 12.6 Å². The molecule has 1 N–H and O–H groups in total. The van der Waals surface area contributed by atoms with Crippen molar-refractivity contribution >= 4 is 11.3 Å². The summed E-state index contributed by atoms with van der Waals surface area (Å²) >= 11 is 1.66. The Hall–Kier alpha value is -1.59. The second-order valence-corrected chi connectivity index (χ2v) is 6.01. The maximum atomic E-state index is 6.00. The van der Waals surface area contributed by atoms with Crippen molar-refractivity contribution in [1.82, 2.24) is 10.3 Å². The van der Waals surface area contributed by atoms with Crippen LogP contribution in [0.2, 0.25) is 0 Å². The van der Waals surface area contributed by atoms with Crippen molar-refractivity contribution in [2.24, 2.45) is 0 Å². The third kappa shape index (κ3) is 2.17. The van der Waals surface area contributed by atoms with Gasteiger partial charge in [0.05, 0.1) is 11.7 Å². The second-order valence-electron chi connectivity index (χ2n) is 5.12.